The Morgan fingerprint density at radius 1 is 0.972 bits per heavy atom. The molecule has 184 valence electrons. The summed E-state index contributed by atoms with van der Waals surface area (Å²) in [5.74, 6) is 0.0724. The van der Waals surface area contributed by atoms with Crippen LogP contribution in [0.4, 0.5) is 4.79 Å². The van der Waals surface area contributed by atoms with Crippen molar-refractivity contribution in [3.8, 4) is 16.9 Å². The molecule has 0 saturated carbocycles. The van der Waals surface area contributed by atoms with Gasteiger partial charge in [0, 0.05) is 12.3 Å². The monoisotopic (exact) mass is 483 g/mol. The van der Waals surface area contributed by atoms with E-state index < -0.39 is 17.9 Å². The first-order valence-electron chi connectivity index (χ1n) is 11.9. The zero-order valence-electron chi connectivity index (χ0n) is 20.6. The van der Waals surface area contributed by atoms with Crippen molar-refractivity contribution in [2.75, 3.05) is 6.61 Å². The number of nitrogens with one attached hydrogen (secondary N) is 1. The van der Waals surface area contributed by atoms with E-state index in [-0.39, 0.29) is 24.5 Å². The maximum absolute atomic E-state index is 12.7. The van der Waals surface area contributed by atoms with E-state index in [1.54, 1.807) is 0 Å². The van der Waals surface area contributed by atoms with Gasteiger partial charge in [0.25, 0.3) is 5.78 Å². The van der Waals surface area contributed by atoms with Gasteiger partial charge in [-0.2, -0.15) is 4.79 Å². The minimum Gasteiger partial charge on any atom is -0.488 e. The molecule has 0 bridgehead atoms. The number of ether oxygens (including phenoxy) is 2. The lowest BCUT2D eigenvalue weighted by Gasteiger charge is -2.21. The average Bonchev–Trinajstić information content (AvgIpc) is 3.16. The number of benzene rings is 3. The summed E-state index contributed by atoms with van der Waals surface area (Å²) >= 11 is 0. The zero-order valence-corrected chi connectivity index (χ0v) is 20.6. The molecule has 0 radical (unpaired) electrons. The molecule has 7 nitrogen and oxygen atoms in total. The van der Waals surface area contributed by atoms with Crippen molar-refractivity contribution in [1.82, 2.24) is 5.32 Å². The first-order chi connectivity index (χ1) is 17.2. The van der Waals surface area contributed by atoms with Gasteiger partial charge in [-0.3, -0.25) is 4.79 Å². The molecule has 7 heteroatoms. The van der Waals surface area contributed by atoms with Gasteiger partial charge in [-0.05, 0) is 60.7 Å². The van der Waals surface area contributed by atoms with Gasteiger partial charge in [0.1, 0.15) is 24.0 Å². The largest absolute Gasteiger partial charge is 0.488 e. The van der Waals surface area contributed by atoms with Crippen molar-refractivity contribution in [2.45, 2.75) is 44.8 Å². The predicted octanol–water partition coefficient (Wildman–Crippen LogP) is 5.18. The van der Waals surface area contributed by atoms with Gasteiger partial charge in [-0.1, -0.05) is 60.7 Å². The number of carbonyl (C=O) groups excluding carboxylic acids is 2. The number of fused-ring (bicyclic) bond motifs is 3. The highest BCUT2D eigenvalue weighted by atomic mass is 16.5. The van der Waals surface area contributed by atoms with Gasteiger partial charge < -0.3 is 20.3 Å². The van der Waals surface area contributed by atoms with E-state index in [0.29, 0.717) is 5.75 Å². The highest BCUT2D eigenvalue weighted by Crippen LogP contribution is 2.44. The second-order valence-corrected chi connectivity index (χ2v) is 9.73. The Morgan fingerprint density at radius 2 is 1.56 bits per heavy atom. The average molecular weight is 484 g/mol. The Balaban J connectivity index is 1.43. The van der Waals surface area contributed by atoms with Gasteiger partial charge >= 0.3 is 12.3 Å². The summed E-state index contributed by atoms with van der Waals surface area (Å²) < 4.78 is 11.4. The minimum atomic E-state index is -0.953. The molecule has 0 saturated heterocycles. The number of ketones is 1. The van der Waals surface area contributed by atoms with Crippen molar-refractivity contribution in [3.63, 3.8) is 0 Å². The summed E-state index contributed by atoms with van der Waals surface area (Å²) in [6.45, 7) is 6.01. The van der Waals surface area contributed by atoms with E-state index in [4.69, 9.17) is 15.0 Å². The topological polar surface area (TPSA) is 101 Å². The molecular weight excluding hydrogens is 454 g/mol. The van der Waals surface area contributed by atoms with E-state index >= 15 is 0 Å². The number of alkyl carbamates (subject to hydrolysis) is 1. The van der Waals surface area contributed by atoms with Crippen LogP contribution in [-0.4, -0.2) is 41.1 Å². The van der Waals surface area contributed by atoms with E-state index in [9.17, 15) is 9.59 Å². The van der Waals surface area contributed by atoms with Crippen LogP contribution in [0.1, 0.15) is 43.4 Å². The summed E-state index contributed by atoms with van der Waals surface area (Å²) in [7, 11) is 0. The molecule has 0 spiro atoms. The van der Waals surface area contributed by atoms with Crippen LogP contribution in [0.5, 0.6) is 5.75 Å². The molecule has 0 aliphatic heterocycles. The van der Waals surface area contributed by atoms with Crippen LogP contribution >= 0.6 is 0 Å². The molecule has 1 N–H and O–H groups in total. The molecule has 1 aliphatic rings. The minimum absolute atomic E-state index is 0.0910. The van der Waals surface area contributed by atoms with Crippen LogP contribution in [0.3, 0.4) is 0 Å². The third-order valence-electron chi connectivity index (χ3n) is 5.95. The van der Waals surface area contributed by atoms with Crippen LogP contribution in [0.25, 0.3) is 16.7 Å². The SMILES string of the molecule is CC(C)(C)Oc1ccc(C[C@H](NC(=O)OCC2c3ccccc3-c3ccccc32)C(=O)C=[N+]=[N-])cc1. The van der Waals surface area contributed by atoms with Crippen molar-refractivity contribution >= 4 is 18.1 Å². The van der Waals surface area contributed by atoms with Crippen LogP contribution in [-0.2, 0) is 16.0 Å². The summed E-state index contributed by atoms with van der Waals surface area (Å²) in [6.07, 6.45) is 0.269. The lowest BCUT2D eigenvalue weighted by Crippen LogP contribution is -2.43. The van der Waals surface area contributed by atoms with Crippen molar-refractivity contribution in [3.05, 3.63) is 95.0 Å². The predicted molar refractivity (Wildman–Crippen MR) is 137 cm³/mol. The van der Waals surface area contributed by atoms with E-state index in [1.165, 1.54) is 0 Å². The molecule has 1 aliphatic carbocycles. The highest BCUT2D eigenvalue weighted by molar-refractivity contribution is 6.28. The third-order valence-corrected chi connectivity index (χ3v) is 5.95. The van der Waals surface area contributed by atoms with Gasteiger partial charge in [-0.15, -0.1) is 0 Å². The molecule has 3 aromatic rings. The summed E-state index contributed by atoms with van der Waals surface area (Å²) in [6, 6.07) is 22.5. The fourth-order valence-corrected chi connectivity index (χ4v) is 4.43. The number of carbonyl (C=O) groups is 2. The van der Waals surface area contributed by atoms with Crippen LogP contribution in [0.15, 0.2) is 72.8 Å². The third kappa shape index (κ3) is 5.88. The fourth-order valence-electron chi connectivity index (χ4n) is 4.43. The molecular formula is C29H29N3O4. The standard InChI is InChI=1S/C29H29N3O4/c1-29(2,3)36-20-14-12-19(13-15-20)16-26(27(33)17-31-30)32-28(34)35-18-25-23-10-6-4-8-21(23)22-9-5-7-11-24(22)25/h4-15,17,25-26H,16,18H2,1-3H3,(H,32,34)/t26-/m0/s1. The van der Waals surface area contributed by atoms with Gasteiger partial charge in [0.15, 0.2) is 0 Å². The van der Waals surface area contributed by atoms with Crippen LogP contribution in [0.2, 0.25) is 0 Å². The smallest absolute Gasteiger partial charge is 0.407 e. The summed E-state index contributed by atoms with van der Waals surface area (Å²) in [5, 5.41) is 2.63. The van der Waals surface area contributed by atoms with Crippen molar-refractivity contribution < 1.29 is 23.9 Å². The van der Waals surface area contributed by atoms with E-state index in [2.05, 4.69) is 22.2 Å². The van der Waals surface area contributed by atoms with Crippen molar-refractivity contribution in [1.29, 1.82) is 0 Å². The normalized spacial score (nSPS) is 13.1. The lowest BCUT2D eigenvalue weighted by atomic mass is 9.98. The molecule has 3 aromatic carbocycles. The second kappa shape index (κ2) is 10.6. The first-order valence-corrected chi connectivity index (χ1v) is 11.9. The highest BCUT2D eigenvalue weighted by Gasteiger charge is 2.30. The molecule has 0 aromatic heterocycles. The van der Waals surface area contributed by atoms with E-state index in [0.717, 1.165) is 34.0 Å². The number of hydrogen-bond donors (Lipinski definition) is 1. The number of rotatable bonds is 8. The fraction of sp³-hybridized carbons (Fsp3) is 0.276. The maximum Gasteiger partial charge on any atom is 0.407 e. The second-order valence-electron chi connectivity index (χ2n) is 9.73. The summed E-state index contributed by atoms with van der Waals surface area (Å²) in [4.78, 5) is 28.1. The molecule has 4 rings (SSSR count). The zero-order chi connectivity index (χ0) is 25.7. The Kier molecular flexibility index (Phi) is 7.32. The first kappa shape index (κ1) is 24.9. The summed E-state index contributed by atoms with van der Waals surface area (Å²) in [5.41, 5.74) is 13.8. The van der Waals surface area contributed by atoms with Crippen molar-refractivity contribution in [2.24, 2.45) is 0 Å². The quantitative estimate of drug-likeness (QED) is 0.271. The molecule has 36 heavy (non-hydrogen) atoms. The molecule has 0 heterocycles. The molecule has 1 amide bonds. The molecule has 0 unspecified atom stereocenters. The van der Waals surface area contributed by atoms with Gasteiger partial charge in [-0.25, -0.2) is 4.79 Å². The van der Waals surface area contributed by atoms with Crippen LogP contribution < -0.4 is 10.1 Å². The Morgan fingerprint density at radius 3 is 2.11 bits per heavy atom. The number of nitrogens with zero attached hydrogens (tertiary/aromatic N) is 2. The van der Waals surface area contributed by atoms with Gasteiger partial charge in [0.2, 0.25) is 0 Å². The lowest BCUT2D eigenvalue weighted by molar-refractivity contribution is -0.117. The number of amides is 1. The Hall–Kier alpha value is -4.22. The van der Waals surface area contributed by atoms with Gasteiger partial charge in [0.05, 0.1) is 0 Å². The number of hydrogen-bond acceptors (Lipinski definition) is 4. The molecule has 0 fully saturated rings. The molecule has 1 atom stereocenters. The number of Topliss-reactive ketones (excluding diaryl/α,β-unsaturated/α-hetero) is 1. The van der Waals surface area contributed by atoms with E-state index in [1.807, 2.05) is 81.4 Å². The Labute approximate surface area is 210 Å². The maximum atomic E-state index is 12.7. The Bertz CT molecular complexity index is 1260. The van der Waals surface area contributed by atoms with Crippen LogP contribution in [0, 0.1) is 0 Å².